The molecule has 1 N–H and O–H groups in total. The largest absolute Gasteiger partial charge is 0.493 e. The van der Waals surface area contributed by atoms with Crippen molar-refractivity contribution in [1.82, 2.24) is 10.3 Å². The number of amides is 1. The number of hydrogen-bond donors (Lipinski definition) is 1. The van der Waals surface area contributed by atoms with Gasteiger partial charge in [-0.2, -0.15) is 0 Å². The Labute approximate surface area is 162 Å². The highest BCUT2D eigenvalue weighted by atomic mass is 16.6. The first kappa shape index (κ1) is 19.2. The summed E-state index contributed by atoms with van der Waals surface area (Å²) >= 11 is 0. The summed E-state index contributed by atoms with van der Waals surface area (Å²) in [5, 5.41) is 10.5. The number of benzene rings is 2. The lowest BCUT2D eigenvalue weighted by Crippen LogP contribution is -2.13. The van der Waals surface area contributed by atoms with Crippen LogP contribution in [0.3, 0.4) is 0 Å². The molecule has 0 saturated carbocycles. The quantitative estimate of drug-likeness (QED) is 0.694. The fourth-order valence-corrected chi connectivity index (χ4v) is 2.83. The Morgan fingerprint density at radius 3 is 2.25 bits per heavy atom. The first-order valence-electron chi connectivity index (χ1n) is 8.50. The minimum absolute atomic E-state index is 0.229. The minimum atomic E-state index is -0.415. The second-order valence-electron chi connectivity index (χ2n) is 6.15. The van der Waals surface area contributed by atoms with Crippen LogP contribution < -0.4 is 19.5 Å². The van der Waals surface area contributed by atoms with Gasteiger partial charge in [-0.05, 0) is 47.9 Å². The number of carbonyl (C=O) groups excluding carboxylic acids is 1. The third-order valence-electron chi connectivity index (χ3n) is 4.30. The monoisotopic (exact) mass is 383 g/mol. The van der Waals surface area contributed by atoms with E-state index in [-0.39, 0.29) is 5.82 Å². The molecule has 1 heterocycles. The number of aromatic nitrogens is 2. The van der Waals surface area contributed by atoms with Crippen molar-refractivity contribution in [2.24, 2.45) is 0 Å². The maximum absolute atomic E-state index is 12.8. The van der Waals surface area contributed by atoms with Crippen LogP contribution in [0.4, 0.5) is 5.82 Å². The molecule has 1 aromatic heterocycles. The highest BCUT2D eigenvalue weighted by molar-refractivity contribution is 6.06. The summed E-state index contributed by atoms with van der Waals surface area (Å²) in [6.07, 6.45) is 0. The van der Waals surface area contributed by atoms with Gasteiger partial charge in [0.2, 0.25) is 11.6 Å². The zero-order valence-corrected chi connectivity index (χ0v) is 16.3. The van der Waals surface area contributed by atoms with Crippen LogP contribution in [0.5, 0.6) is 17.2 Å². The van der Waals surface area contributed by atoms with E-state index in [1.807, 2.05) is 32.0 Å². The molecule has 0 atom stereocenters. The van der Waals surface area contributed by atoms with Crippen LogP contribution in [0.1, 0.15) is 21.5 Å². The third kappa shape index (κ3) is 3.62. The van der Waals surface area contributed by atoms with E-state index in [1.54, 1.807) is 12.1 Å². The van der Waals surface area contributed by atoms with Gasteiger partial charge in [0.15, 0.2) is 17.2 Å². The Hall–Kier alpha value is -3.55. The molecule has 8 heteroatoms. The van der Waals surface area contributed by atoms with E-state index in [9.17, 15) is 4.79 Å². The lowest BCUT2D eigenvalue weighted by Gasteiger charge is -2.13. The number of methoxy groups -OCH3 is 3. The average molecular weight is 383 g/mol. The number of aryl methyl sites for hydroxylation is 2. The van der Waals surface area contributed by atoms with Crippen molar-refractivity contribution in [3.8, 4) is 28.5 Å². The summed E-state index contributed by atoms with van der Waals surface area (Å²) in [5.41, 5.74) is 3.66. The first-order chi connectivity index (χ1) is 13.5. The van der Waals surface area contributed by atoms with Crippen LogP contribution in [0, 0.1) is 13.8 Å². The van der Waals surface area contributed by atoms with Crippen LogP contribution in [-0.2, 0) is 0 Å². The van der Waals surface area contributed by atoms with Gasteiger partial charge in [-0.15, -0.1) is 0 Å². The Balaban J connectivity index is 1.95. The molecule has 0 saturated heterocycles. The van der Waals surface area contributed by atoms with E-state index >= 15 is 0 Å². The van der Waals surface area contributed by atoms with E-state index in [4.69, 9.17) is 18.8 Å². The fourth-order valence-electron chi connectivity index (χ4n) is 2.83. The minimum Gasteiger partial charge on any atom is -0.493 e. The number of rotatable bonds is 6. The van der Waals surface area contributed by atoms with Crippen LogP contribution in [0.25, 0.3) is 11.3 Å². The highest BCUT2D eigenvalue weighted by Crippen LogP contribution is 2.38. The predicted molar refractivity (Wildman–Crippen MR) is 103 cm³/mol. The molecule has 0 aliphatic carbocycles. The zero-order valence-electron chi connectivity index (χ0n) is 16.3. The predicted octanol–water partition coefficient (Wildman–Crippen LogP) is 3.63. The molecule has 0 bridgehead atoms. The van der Waals surface area contributed by atoms with Crippen molar-refractivity contribution in [3.63, 3.8) is 0 Å². The van der Waals surface area contributed by atoms with E-state index in [2.05, 4.69) is 15.6 Å². The van der Waals surface area contributed by atoms with Crippen LogP contribution in [0.2, 0.25) is 0 Å². The van der Waals surface area contributed by atoms with Crippen LogP contribution in [-0.4, -0.2) is 37.5 Å². The molecule has 0 spiro atoms. The molecular weight excluding hydrogens is 362 g/mol. The molecule has 2 aromatic carbocycles. The third-order valence-corrected chi connectivity index (χ3v) is 4.30. The molecule has 1 amide bonds. The maximum atomic E-state index is 12.8. The summed E-state index contributed by atoms with van der Waals surface area (Å²) in [7, 11) is 4.47. The molecule has 0 aliphatic rings. The zero-order chi connectivity index (χ0) is 20.3. The van der Waals surface area contributed by atoms with Gasteiger partial charge in [0, 0.05) is 11.1 Å². The van der Waals surface area contributed by atoms with Crippen molar-refractivity contribution in [2.45, 2.75) is 13.8 Å². The smallest absolute Gasteiger partial charge is 0.257 e. The maximum Gasteiger partial charge on any atom is 0.257 e. The molecule has 0 radical (unpaired) electrons. The van der Waals surface area contributed by atoms with Crippen molar-refractivity contribution >= 4 is 11.7 Å². The summed E-state index contributed by atoms with van der Waals surface area (Å²) in [6.45, 7) is 3.93. The normalized spacial score (nSPS) is 10.5. The van der Waals surface area contributed by atoms with Crippen molar-refractivity contribution in [3.05, 3.63) is 47.0 Å². The van der Waals surface area contributed by atoms with Gasteiger partial charge in [0.05, 0.1) is 21.3 Å². The summed E-state index contributed by atoms with van der Waals surface area (Å²) in [5.74, 6) is 0.967. The SMILES string of the molecule is COc1cc(C(=O)Nc2nonc2-c2cc(C)ccc2C)cc(OC)c1OC. The number of nitrogens with zero attached hydrogens (tertiary/aromatic N) is 2. The van der Waals surface area contributed by atoms with Gasteiger partial charge in [0.1, 0.15) is 0 Å². The van der Waals surface area contributed by atoms with Crippen LogP contribution >= 0.6 is 0 Å². The van der Waals surface area contributed by atoms with Gasteiger partial charge >= 0.3 is 0 Å². The number of carbonyl (C=O) groups is 1. The molecular formula is C20H21N3O5. The first-order valence-corrected chi connectivity index (χ1v) is 8.50. The molecule has 8 nitrogen and oxygen atoms in total. The number of ether oxygens (including phenoxy) is 3. The molecule has 28 heavy (non-hydrogen) atoms. The standard InChI is InChI=1S/C20H21N3O5/c1-11-6-7-12(2)14(8-11)17-19(23-28-22-17)21-20(24)13-9-15(25-3)18(27-5)16(10-13)26-4/h6-10H,1-5H3,(H,21,23,24). The topological polar surface area (TPSA) is 95.7 Å². The van der Waals surface area contributed by atoms with Gasteiger partial charge in [-0.1, -0.05) is 17.7 Å². The fraction of sp³-hybridized carbons (Fsp3) is 0.250. The molecule has 3 rings (SSSR count). The summed E-state index contributed by atoms with van der Waals surface area (Å²) < 4.78 is 20.7. The Morgan fingerprint density at radius 1 is 0.964 bits per heavy atom. The van der Waals surface area contributed by atoms with E-state index in [0.29, 0.717) is 28.5 Å². The Kier molecular flexibility index (Phi) is 5.49. The van der Waals surface area contributed by atoms with E-state index in [1.165, 1.54) is 21.3 Å². The van der Waals surface area contributed by atoms with Gasteiger partial charge < -0.3 is 19.5 Å². The molecule has 0 fully saturated rings. The summed E-state index contributed by atoms with van der Waals surface area (Å²) in [4.78, 5) is 12.8. The van der Waals surface area contributed by atoms with E-state index in [0.717, 1.165) is 16.7 Å². The second kappa shape index (κ2) is 7.99. The lowest BCUT2D eigenvalue weighted by molar-refractivity contribution is 0.102. The number of anilines is 1. The van der Waals surface area contributed by atoms with Crippen molar-refractivity contribution in [2.75, 3.05) is 26.6 Å². The number of hydrogen-bond acceptors (Lipinski definition) is 7. The molecule has 0 unspecified atom stereocenters. The number of nitrogens with one attached hydrogen (secondary N) is 1. The Morgan fingerprint density at radius 2 is 1.64 bits per heavy atom. The van der Waals surface area contributed by atoms with E-state index < -0.39 is 5.91 Å². The van der Waals surface area contributed by atoms with Gasteiger partial charge in [-0.3, -0.25) is 4.79 Å². The van der Waals surface area contributed by atoms with Gasteiger partial charge in [0.25, 0.3) is 5.91 Å². The van der Waals surface area contributed by atoms with Crippen molar-refractivity contribution < 1.29 is 23.6 Å². The lowest BCUT2D eigenvalue weighted by atomic mass is 10.0. The highest BCUT2D eigenvalue weighted by Gasteiger charge is 2.21. The molecule has 3 aromatic rings. The second-order valence-corrected chi connectivity index (χ2v) is 6.15. The Bertz CT molecular complexity index is 988. The average Bonchev–Trinajstić information content (AvgIpc) is 3.16. The molecule has 0 aliphatic heterocycles. The summed E-state index contributed by atoms with van der Waals surface area (Å²) in [6, 6.07) is 9.05. The van der Waals surface area contributed by atoms with Crippen LogP contribution in [0.15, 0.2) is 35.0 Å². The van der Waals surface area contributed by atoms with Crippen molar-refractivity contribution in [1.29, 1.82) is 0 Å². The van der Waals surface area contributed by atoms with Gasteiger partial charge in [-0.25, -0.2) is 4.63 Å². The molecule has 146 valence electrons.